The lowest BCUT2D eigenvalue weighted by atomic mass is 9.82. The summed E-state index contributed by atoms with van der Waals surface area (Å²) in [5.74, 6) is -2.26. The number of aryl methyl sites for hydroxylation is 1. The lowest BCUT2D eigenvalue weighted by molar-refractivity contribution is 0.0150. The number of carboxylic acid groups (broad SMARTS) is 2. The Labute approximate surface area is 121 Å². The SMILES string of the molecule is O=C(O)c1ccc2c(c1C(=O)O)OC1(CCNCC1)CC2. The molecule has 1 spiro atoms. The van der Waals surface area contributed by atoms with Crippen molar-refractivity contribution in [2.75, 3.05) is 13.1 Å². The number of carbonyl (C=O) groups is 2. The number of rotatable bonds is 2. The van der Waals surface area contributed by atoms with Gasteiger partial charge >= 0.3 is 11.9 Å². The van der Waals surface area contributed by atoms with Gasteiger partial charge in [-0.05, 0) is 50.4 Å². The highest BCUT2D eigenvalue weighted by molar-refractivity contribution is 6.04. The number of piperidine rings is 1. The summed E-state index contributed by atoms with van der Waals surface area (Å²) in [4.78, 5) is 22.8. The molecule has 0 atom stereocenters. The van der Waals surface area contributed by atoms with E-state index in [0.29, 0.717) is 0 Å². The smallest absolute Gasteiger partial charge is 0.340 e. The molecule has 0 radical (unpaired) electrons. The number of fused-ring (bicyclic) bond motifs is 1. The number of nitrogens with one attached hydrogen (secondary N) is 1. The average molecular weight is 291 g/mol. The lowest BCUT2D eigenvalue weighted by Gasteiger charge is -2.42. The second-order valence-corrected chi connectivity index (χ2v) is 5.62. The number of hydrogen-bond acceptors (Lipinski definition) is 4. The Morgan fingerprint density at radius 1 is 1.10 bits per heavy atom. The molecule has 0 unspecified atom stereocenters. The third kappa shape index (κ3) is 2.35. The Bertz CT molecular complexity index is 604. The first kappa shape index (κ1) is 13.9. The van der Waals surface area contributed by atoms with Crippen molar-refractivity contribution in [2.24, 2.45) is 0 Å². The molecule has 1 aromatic rings. The summed E-state index contributed by atoms with van der Waals surface area (Å²) in [6.07, 6.45) is 3.17. The van der Waals surface area contributed by atoms with Crippen molar-refractivity contribution in [1.29, 1.82) is 0 Å². The maximum absolute atomic E-state index is 11.5. The normalized spacial score (nSPS) is 19.6. The van der Waals surface area contributed by atoms with E-state index in [2.05, 4.69) is 5.32 Å². The highest BCUT2D eigenvalue weighted by atomic mass is 16.5. The van der Waals surface area contributed by atoms with Gasteiger partial charge in [-0.2, -0.15) is 0 Å². The maximum atomic E-state index is 11.5. The van der Waals surface area contributed by atoms with Crippen molar-refractivity contribution in [1.82, 2.24) is 5.32 Å². The molecule has 0 aromatic heterocycles. The number of carboxylic acids is 2. The second kappa shape index (κ2) is 5.04. The van der Waals surface area contributed by atoms with Crippen molar-refractivity contribution in [2.45, 2.75) is 31.3 Å². The molecule has 3 N–H and O–H groups in total. The fourth-order valence-corrected chi connectivity index (χ4v) is 3.19. The van der Waals surface area contributed by atoms with Crippen LogP contribution in [0.2, 0.25) is 0 Å². The van der Waals surface area contributed by atoms with Crippen molar-refractivity contribution in [3.8, 4) is 5.75 Å². The molecule has 1 saturated heterocycles. The predicted molar refractivity (Wildman–Crippen MR) is 74.1 cm³/mol. The van der Waals surface area contributed by atoms with Crippen LogP contribution in [0.3, 0.4) is 0 Å². The van der Waals surface area contributed by atoms with Crippen LogP contribution in [-0.2, 0) is 6.42 Å². The van der Waals surface area contributed by atoms with E-state index in [1.807, 2.05) is 0 Å². The van der Waals surface area contributed by atoms with E-state index in [-0.39, 0.29) is 22.5 Å². The van der Waals surface area contributed by atoms with Gasteiger partial charge < -0.3 is 20.3 Å². The average Bonchev–Trinajstić information content (AvgIpc) is 2.46. The van der Waals surface area contributed by atoms with Gasteiger partial charge in [0.05, 0.1) is 5.56 Å². The summed E-state index contributed by atoms with van der Waals surface area (Å²) in [7, 11) is 0. The standard InChI is InChI=1S/C15H17NO5/c17-13(18)10-2-1-9-3-4-15(5-7-16-8-6-15)21-12(9)11(10)14(19)20/h1-2,16H,3-8H2,(H,17,18)(H,19,20). The molecule has 2 aliphatic heterocycles. The fourth-order valence-electron chi connectivity index (χ4n) is 3.19. The van der Waals surface area contributed by atoms with Crippen LogP contribution in [0.4, 0.5) is 0 Å². The Balaban J connectivity index is 2.08. The minimum absolute atomic E-state index is 0.216. The van der Waals surface area contributed by atoms with Gasteiger partial charge in [0.1, 0.15) is 16.9 Å². The van der Waals surface area contributed by atoms with Gasteiger partial charge in [0.15, 0.2) is 0 Å². The lowest BCUT2D eigenvalue weighted by Crippen LogP contribution is -2.48. The first-order valence-corrected chi connectivity index (χ1v) is 7.05. The van der Waals surface area contributed by atoms with Gasteiger partial charge in [-0.25, -0.2) is 9.59 Å². The Kier molecular flexibility index (Phi) is 3.33. The molecule has 21 heavy (non-hydrogen) atoms. The Hall–Kier alpha value is -2.08. The van der Waals surface area contributed by atoms with Crippen LogP contribution in [0.1, 0.15) is 45.5 Å². The molecule has 6 nitrogen and oxygen atoms in total. The molecule has 2 aliphatic rings. The summed E-state index contributed by atoms with van der Waals surface area (Å²) in [5.41, 5.74) is -0.0223. The topological polar surface area (TPSA) is 95.9 Å². The molecule has 112 valence electrons. The summed E-state index contributed by atoms with van der Waals surface area (Å²) in [6.45, 7) is 1.66. The van der Waals surface area contributed by atoms with Crippen LogP contribution >= 0.6 is 0 Å². The molecule has 0 amide bonds. The van der Waals surface area contributed by atoms with Gasteiger partial charge in [-0.15, -0.1) is 0 Å². The molecule has 0 bridgehead atoms. The minimum atomic E-state index is -1.25. The molecule has 3 rings (SSSR count). The van der Waals surface area contributed by atoms with Crippen LogP contribution in [-0.4, -0.2) is 40.8 Å². The molecule has 6 heteroatoms. The quantitative estimate of drug-likeness (QED) is 0.764. The molecule has 0 saturated carbocycles. The predicted octanol–water partition coefficient (Wildman–Crippen LogP) is 1.53. The summed E-state index contributed by atoms with van der Waals surface area (Å²) in [6, 6.07) is 3.02. The minimum Gasteiger partial charge on any atom is -0.486 e. The number of hydrogen-bond donors (Lipinski definition) is 3. The Morgan fingerprint density at radius 2 is 1.81 bits per heavy atom. The van der Waals surface area contributed by atoms with Crippen LogP contribution in [0.25, 0.3) is 0 Å². The fraction of sp³-hybridized carbons (Fsp3) is 0.467. The maximum Gasteiger partial charge on any atom is 0.340 e. The van der Waals surface area contributed by atoms with E-state index >= 15 is 0 Å². The molecular formula is C15H17NO5. The number of aromatic carboxylic acids is 2. The number of ether oxygens (including phenoxy) is 1. The molecule has 2 heterocycles. The van der Waals surface area contributed by atoms with Gasteiger partial charge in [-0.3, -0.25) is 0 Å². The second-order valence-electron chi connectivity index (χ2n) is 5.62. The van der Waals surface area contributed by atoms with E-state index in [1.54, 1.807) is 6.07 Å². The van der Waals surface area contributed by atoms with E-state index in [1.165, 1.54) is 6.07 Å². The third-order valence-electron chi connectivity index (χ3n) is 4.37. The molecular weight excluding hydrogens is 274 g/mol. The highest BCUT2D eigenvalue weighted by Crippen LogP contribution is 2.41. The van der Waals surface area contributed by atoms with Crippen LogP contribution in [0.15, 0.2) is 12.1 Å². The monoisotopic (exact) mass is 291 g/mol. The van der Waals surface area contributed by atoms with Crippen LogP contribution in [0.5, 0.6) is 5.75 Å². The largest absolute Gasteiger partial charge is 0.486 e. The zero-order valence-electron chi connectivity index (χ0n) is 11.5. The van der Waals surface area contributed by atoms with E-state index in [0.717, 1.165) is 44.3 Å². The summed E-state index contributed by atoms with van der Waals surface area (Å²) in [5, 5.41) is 21.8. The first-order valence-electron chi connectivity index (χ1n) is 7.05. The zero-order chi connectivity index (χ0) is 15.0. The van der Waals surface area contributed by atoms with Crippen molar-refractivity contribution in [3.05, 3.63) is 28.8 Å². The highest BCUT2D eigenvalue weighted by Gasteiger charge is 2.40. The van der Waals surface area contributed by atoms with Crippen molar-refractivity contribution >= 4 is 11.9 Å². The van der Waals surface area contributed by atoms with Gasteiger partial charge in [0.25, 0.3) is 0 Å². The number of benzene rings is 1. The van der Waals surface area contributed by atoms with Crippen molar-refractivity contribution in [3.63, 3.8) is 0 Å². The molecule has 0 aliphatic carbocycles. The Morgan fingerprint density at radius 3 is 2.43 bits per heavy atom. The van der Waals surface area contributed by atoms with E-state index < -0.39 is 11.9 Å². The molecule has 1 fully saturated rings. The van der Waals surface area contributed by atoms with Crippen LogP contribution < -0.4 is 10.1 Å². The van der Waals surface area contributed by atoms with Crippen LogP contribution in [0, 0.1) is 0 Å². The van der Waals surface area contributed by atoms with Crippen molar-refractivity contribution < 1.29 is 24.5 Å². The zero-order valence-corrected chi connectivity index (χ0v) is 11.5. The molecule has 1 aromatic carbocycles. The van der Waals surface area contributed by atoms with E-state index in [4.69, 9.17) is 4.74 Å². The van der Waals surface area contributed by atoms with E-state index in [9.17, 15) is 19.8 Å². The summed E-state index contributed by atoms with van der Waals surface area (Å²) < 4.78 is 6.06. The van der Waals surface area contributed by atoms with Gasteiger partial charge in [0.2, 0.25) is 0 Å². The third-order valence-corrected chi connectivity index (χ3v) is 4.37. The van der Waals surface area contributed by atoms with Gasteiger partial charge in [-0.1, -0.05) is 6.07 Å². The first-order chi connectivity index (χ1) is 10.0. The summed E-state index contributed by atoms with van der Waals surface area (Å²) >= 11 is 0. The van der Waals surface area contributed by atoms with Gasteiger partial charge in [0, 0.05) is 0 Å².